The molecule has 3 rings (SSSR count). The zero-order valence-electron chi connectivity index (χ0n) is 14.2. The Balaban J connectivity index is 1.67. The molecule has 7 heteroatoms. The first-order chi connectivity index (χ1) is 11.4. The maximum absolute atomic E-state index is 12.7. The molecule has 0 saturated carbocycles. The van der Waals surface area contributed by atoms with Gasteiger partial charge in [-0.2, -0.15) is 0 Å². The Morgan fingerprint density at radius 1 is 1.33 bits per heavy atom. The van der Waals surface area contributed by atoms with Gasteiger partial charge in [-0.15, -0.1) is 10.2 Å². The van der Waals surface area contributed by atoms with Crippen molar-refractivity contribution in [3.63, 3.8) is 0 Å². The fourth-order valence-corrected chi connectivity index (χ4v) is 3.63. The molecule has 0 unspecified atom stereocenters. The van der Waals surface area contributed by atoms with Gasteiger partial charge in [0.2, 0.25) is 11.0 Å². The van der Waals surface area contributed by atoms with Crippen molar-refractivity contribution in [1.29, 1.82) is 0 Å². The van der Waals surface area contributed by atoms with Crippen molar-refractivity contribution in [3.8, 4) is 0 Å². The minimum absolute atomic E-state index is 0.00634. The molecule has 128 valence electrons. The number of hydrogen-bond donors (Lipinski definition) is 2. The van der Waals surface area contributed by atoms with Crippen LogP contribution in [0.15, 0.2) is 24.3 Å². The van der Waals surface area contributed by atoms with Gasteiger partial charge in [0.05, 0.1) is 11.6 Å². The Kier molecular flexibility index (Phi) is 4.56. The van der Waals surface area contributed by atoms with Gasteiger partial charge in [0.15, 0.2) is 0 Å². The van der Waals surface area contributed by atoms with Gasteiger partial charge in [-0.25, -0.2) is 0 Å². The van der Waals surface area contributed by atoms with Crippen molar-refractivity contribution >= 4 is 22.4 Å². The van der Waals surface area contributed by atoms with E-state index in [0.717, 1.165) is 19.5 Å². The van der Waals surface area contributed by atoms with Gasteiger partial charge in [-0.3, -0.25) is 9.69 Å². The Labute approximate surface area is 146 Å². The van der Waals surface area contributed by atoms with E-state index in [1.807, 2.05) is 20.8 Å². The summed E-state index contributed by atoms with van der Waals surface area (Å²) in [5, 5.41) is 12.1. The smallest absolute Gasteiger partial charge is 0.237 e. The van der Waals surface area contributed by atoms with E-state index in [-0.39, 0.29) is 11.9 Å². The average Bonchev–Trinajstić information content (AvgIpc) is 3.00. The van der Waals surface area contributed by atoms with Crippen LogP contribution in [0.1, 0.15) is 36.9 Å². The van der Waals surface area contributed by atoms with E-state index in [1.165, 1.54) is 22.5 Å². The van der Waals surface area contributed by atoms with Crippen molar-refractivity contribution < 1.29 is 4.79 Å². The van der Waals surface area contributed by atoms with Crippen LogP contribution >= 0.6 is 11.3 Å². The SMILES string of the molecule is C[C@@H](C(=O)NC(C)(C)c1nnc(N)s1)N1CCc2ccccc2C1. The van der Waals surface area contributed by atoms with Crippen LogP contribution in [-0.4, -0.2) is 33.6 Å². The number of carbonyl (C=O) groups excluding carboxylic acids is 1. The van der Waals surface area contributed by atoms with E-state index in [2.05, 4.69) is 44.7 Å². The number of rotatable bonds is 4. The third-order valence-corrected chi connectivity index (χ3v) is 5.57. The predicted molar refractivity (Wildman–Crippen MR) is 95.5 cm³/mol. The largest absolute Gasteiger partial charge is 0.374 e. The van der Waals surface area contributed by atoms with E-state index in [4.69, 9.17) is 5.73 Å². The third kappa shape index (κ3) is 3.42. The summed E-state index contributed by atoms with van der Waals surface area (Å²) in [6, 6.07) is 8.22. The van der Waals surface area contributed by atoms with Crippen LogP contribution in [0.3, 0.4) is 0 Å². The second kappa shape index (κ2) is 6.49. The number of nitrogen functional groups attached to an aromatic ring is 1. The van der Waals surface area contributed by atoms with Gasteiger partial charge in [0.1, 0.15) is 5.01 Å². The Hall–Kier alpha value is -1.99. The summed E-state index contributed by atoms with van der Waals surface area (Å²) in [6.45, 7) is 7.48. The van der Waals surface area contributed by atoms with Crippen molar-refractivity contribution in [2.45, 2.75) is 45.3 Å². The summed E-state index contributed by atoms with van der Waals surface area (Å²) in [4.78, 5) is 14.9. The van der Waals surface area contributed by atoms with Gasteiger partial charge in [-0.05, 0) is 38.3 Å². The molecule has 1 amide bonds. The highest BCUT2D eigenvalue weighted by molar-refractivity contribution is 7.15. The van der Waals surface area contributed by atoms with Crippen LogP contribution in [0.2, 0.25) is 0 Å². The summed E-state index contributed by atoms with van der Waals surface area (Å²) in [5.74, 6) is -0.00634. The number of fused-ring (bicyclic) bond motifs is 1. The average molecular weight is 345 g/mol. The molecule has 0 fully saturated rings. The van der Waals surface area contributed by atoms with E-state index in [1.54, 1.807) is 0 Å². The van der Waals surface area contributed by atoms with E-state index >= 15 is 0 Å². The van der Waals surface area contributed by atoms with Crippen LogP contribution in [0.5, 0.6) is 0 Å². The number of hydrogen-bond acceptors (Lipinski definition) is 6. The molecule has 1 aromatic heterocycles. The molecule has 1 aromatic carbocycles. The predicted octanol–water partition coefficient (Wildman–Crippen LogP) is 1.92. The highest BCUT2D eigenvalue weighted by Gasteiger charge is 2.32. The first kappa shape index (κ1) is 16.9. The molecule has 0 aliphatic carbocycles. The van der Waals surface area contributed by atoms with Crippen LogP contribution in [0.4, 0.5) is 5.13 Å². The zero-order valence-corrected chi connectivity index (χ0v) is 15.1. The van der Waals surface area contributed by atoms with Gasteiger partial charge >= 0.3 is 0 Å². The number of nitrogens with two attached hydrogens (primary N) is 1. The molecule has 6 nitrogen and oxygen atoms in total. The van der Waals surface area contributed by atoms with Crippen LogP contribution < -0.4 is 11.1 Å². The molecule has 0 radical (unpaired) electrons. The number of anilines is 1. The molecule has 2 heterocycles. The molecule has 1 aliphatic rings. The van der Waals surface area contributed by atoms with Crippen LogP contribution in [0, 0.1) is 0 Å². The molecule has 1 aliphatic heterocycles. The lowest BCUT2D eigenvalue weighted by molar-refractivity contribution is -0.128. The standard InChI is InChI=1S/C17H23N5OS/c1-11(22-9-8-12-6-4-5-7-13(12)10-22)14(23)19-17(2,3)15-20-21-16(18)24-15/h4-7,11H,8-10H2,1-3H3,(H2,18,21)(H,19,23)/t11-/m0/s1. The molecule has 0 bridgehead atoms. The van der Waals surface area contributed by atoms with Gasteiger partial charge in [-0.1, -0.05) is 35.6 Å². The van der Waals surface area contributed by atoms with E-state index < -0.39 is 5.54 Å². The highest BCUT2D eigenvalue weighted by atomic mass is 32.1. The fraction of sp³-hybridized carbons (Fsp3) is 0.471. The lowest BCUT2D eigenvalue weighted by Crippen LogP contribution is -2.51. The number of aromatic nitrogens is 2. The molecule has 24 heavy (non-hydrogen) atoms. The summed E-state index contributed by atoms with van der Waals surface area (Å²) in [7, 11) is 0. The summed E-state index contributed by atoms with van der Waals surface area (Å²) >= 11 is 1.30. The van der Waals surface area contributed by atoms with Crippen LogP contribution in [-0.2, 0) is 23.3 Å². The monoisotopic (exact) mass is 345 g/mol. The van der Waals surface area contributed by atoms with Gasteiger partial charge < -0.3 is 11.1 Å². The van der Waals surface area contributed by atoms with Crippen molar-refractivity contribution in [2.75, 3.05) is 12.3 Å². The van der Waals surface area contributed by atoms with Crippen molar-refractivity contribution in [3.05, 3.63) is 40.4 Å². The highest BCUT2D eigenvalue weighted by Crippen LogP contribution is 2.26. The number of nitrogens with one attached hydrogen (secondary N) is 1. The molecule has 3 N–H and O–H groups in total. The first-order valence-electron chi connectivity index (χ1n) is 8.09. The summed E-state index contributed by atoms with van der Waals surface area (Å²) in [5.41, 5.74) is 7.75. The normalized spacial score (nSPS) is 16.5. The van der Waals surface area contributed by atoms with E-state index in [0.29, 0.717) is 10.1 Å². The van der Waals surface area contributed by atoms with Gasteiger partial charge in [0, 0.05) is 13.1 Å². The lowest BCUT2D eigenvalue weighted by Gasteiger charge is -2.34. The quantitative estimate of drug-likeness (QED) is 0.884. The zero-order chi connectivity index (χ0) is 17.3. The Morgan fingerprint density at radius 2 is 2.04 bits per heavy atom. The molecule has 0 saturated heterocycles. The number of nitrogens with zero attached hydrogens (tertiary/aromatic N) is 3. The minimum atomic E-state index is -0.589. The number of carbonyl (C=O) groups is 1. The molecular weight excluding hydrogens is 322 g/mol. The second-order valence-electron chi connectivity index (χ2n) is 6.72. The molecular formula is C17H23N5OS. The lowest BCUT2D eigenvalue weighted by atomic mass is 9.98. The Morgan fingerprint density at radius 3 is 2.71 bits per heavy atom. The number of amides is 1. The third-order valence-electron chi connectivity index (χ3n) is 4.50. The maximum atomic E-state index is 12.7. The summed E-state index contributed by atoms with van der Waals surface area (Å²) < 4.78 is 0. The fourth-order valence-electron chi connectivity index (χ4n) is 2.97. The minimum Gasteiger partial charge on any atom is -0.374 e. The molecule has 1 atom stereocenters. The molecule has 0 spiro atoms. The molecule has 2 aromatic rings. The number of benzene rings is 1. The maximum Gasteiger partial charge on any atom is 0.237 e. The topological polar surface area (TPSA) is 84.1 Å². The summed E-state index contributed by atoms with van der Waals surface area (Å²) in [6.07, 6.45) is 0.976. The van der Waals surface area contributed by atoms with Crippen molar-refractivity contribution in [1.82, 2.24) is 20.4 Å². The van der Waals surface area contributed by atoms with E-state index in [9.17, 15) is 4.79 Å². The first-order valence-corrected chi connectivity index (χ1v) is 8.91. The van der Waals surface area contributed by atoms with Crippen LogP contribution in [0.25, 0.3) is 0 Å². The van der Waals surface area contributed by atoms with Gasteiger partial charge in [0.25, 0.3) is 0 Å². The van der Waals surface area contributed by atoms with Crippen molar-refractivity contribution in [2.24, 2.45) is 0 Å². The Bertz CT molecular complexity index is 742. The second-order valence-corrected chi connectivity index (χ2v) is 7.73.